The molecule has 0 atom stereocenters. The van der Waals surface area contributed by atoms with E-state index in [0.29, 0.717) is 28.7 Å². The molecule has 2 rings (SSSR count). The molecule has 0 bridgehead atoms. The molecule has 0 saturated carbocycles. The number of aryl methyl sites for hydroxylation is 1. The third-order valence-electron chi connectivity index (χ3n) is 2.69. The average molecular weight is 254 g/mol. The summed E-state index contributed by atoms with van der Waals surface area (Å²) in [4.78, 5) is 8.51. The van der Waals surface area contributed by atoms with Crippen LogP contribution in [0.5, 0.6) is 0 Å². The number of nitriles is 1. The Balaban J connectivity index is 2.44. The molecule has 0 aliphatic heterocycles. The molecule has 0 unspecified atom stereocenters. The van der Waals surface area contributed by atoms with Gasteiger partial charge in [0.25, 0.3) is 0 Å². The largest absolute Gasteiger partial charge is 0.339 e. The fourth-order valence-corrected chi connectivity index (χ4v) is 1.71. The van der Waals surface area contributed by atoms with Crippen LogP contribution >= 0.6 is 0 Å². The van der Waals surface area contributed by atoms with Crippen molar-refractivity contribution in [2.45, 2.75) is 13.8 Å². The quantitative estimate of drug-likeness (QED) is 0.572. The predicted octanol–water partition coefficient (Wildman–Crippen LogP) is 1.99. The summed E-state index contributed by atoms with van der Waals surface area (Å²) in [6, 6.07) is 9.37. The molecule has 0 aliphatic rings. The molecule has 0 spiro atoms. The molecule has 1 aromatic heterocycles. The first-order chi connectivity index (χ1) is 9.15. The zero-order valence-corrected chi connectivity index (χ0v) is 10.7. The Labute approximate surface area is 111 Å². The molecule has 0 aliphatic carbocycles. The van der Waals surface area contributed by atoms with Crippen LogP contribution in [0.3, 0.4) is 0 Å². The van der Waals surface area contributed by atoms with Crippen LogP contribution in [-0.4, -0.2) is 9.97 Å². The van der Waals surface area contributed by atoms with Crippen LogP contribution in [-0.2, 0) is 0 Å². The number of nitrogens with one attached hydrogen (secondary N) is 2. The molecule has 0 amide bonds. The molecule has 96 valence electrons. The van der Waals surface area contributed by atoms with Crippen molar-refractivity contribution in [2.75, 3.05) is 10.7 Å². The van der Waals surface area contributed by atoms with Crippen LogP contribution in [0.2, 0.25) is 0 Å². The molecular weight excluding hydrogens is 240 g/mol. The van der Waals surface area contributed by atoms with E-state index in [1.54, 1.807) is 13.0 Å². The Morgan fingerprint density at radius 1 is 1.16 bits per heavy atom. The van der Waals surface area contributed by atoms with E-state index >= 15 is 0 Å². The van der Waals surface area contributed by atoms with Crippen LogP contribution < -0.4 is 16.6 Å². The van der Waals surface area contributed by atoms with E-state index in [-0.39, 0.29) is 0 Å². The third kappa shape index (κ3) is 2.61. The molecule has 4 N–H and O–H groups in total. The molecular formula is C13H14N6. The van der Waals surface area contributed by atoms with Gasteiger partial charge in [-0.1, -0.05) is 12.1 Å². The third-order valence-corrected chi connectivity index (χ3v) is 2.69. The SMILES string of the molecule is Cc1nc(NN)c(C)c(Nc2ccccc2C#N)n1. The maximum atomic E-state index is 9.07. The first kappa shape index (κ1) is 12.8. The summed E-state index contributed by atoms with van der Waals surface area (Å²) >= 11 is 0. The highest BCUT2D eigenvalue weighted by atomic mass is 15.3. The minimum Gasteiger partial charge on any atom is -0.339 e. The summed E-state index contributed by atoms with van der Waals surface area (Å²) in [5.74, 6) is 7.20. The number of nitrogens with zero attached hydrogens (tertiary/aromatic N) is 3. The van der Waals surface area contributed by atoms with Crippen molar-refractivity contribution in [2.24, 2.45) is 5.84 Å². The minimum atomic E-state index is 0.556. The van der Waals surface area contributed by atoms with E-state index in [4.69, 9.17) is 11.1 Å². The lowest BCUT2D eigenvalue weighted by Crippen LogP contribution is -2.13. The predicted molar refractivity (Wildman–Crippen MR) is 73.8 cm³/mol. The van der Waals surface area contributed by atoms with Crippen molar-refractivity contribution in [3.05, 3.63) is 41.2 Å². The topological polar surface area (TPSA) is 99.6 Å². The minimum absolute atomic E-state index is 0.556. The fourth-order valence-electron chi connectivity index (χ4n) is 1.71. The first-order valence-electron chi connectivity index (χ1n) is 5.73. The second kappa shape index (κ2) is 5.33. The molecule has 0 saturated heterocycles. The highest BCUT2D eigenvalue weighted by Gasteiger charge is 2.10. The molecule has 0 fully saturated rings. The van der Waals surface area contributed by atoms with Gasteiger partial charge in [0.2, 0.25) is 0 Å². The lowest BCUT2D eigenvalue weighted by molar-refractivity contribution is 1.03. The van der Waals surface area contributed by atoms with E-state index in [1.165, 1.54) is 0 Å². The molecule has 19 heavy (non-hydrogen) atoms. The van der Waals surface area contributed by atoms with Gasteiger partial charge in [0.15, 0.2) is 0 Å². The summed E-state index contributed by atoms with van der Waals surface area (Å²) in [5, 5.41) is 12.2. The van der Waals surface area contributed by atoms with Gasteiger partial charge in [-0.25, -0.2) is 15.8 Å². The lowest BCUT2D eigenvalue weighted by atomic mass is 10.2. The lowest BCUT2D eigenvalue weighted by Gasteiger charge is -2.13. The van der Waals surface area contributed by atoms with Crippen LogP contribution in [0.1, 0.15) is 17.0 Å². The van der Waals surface area contributed by atoms with Gasteiger partial charge in [0.1, 0.15) is 23.5 Å². The van der Waals surface area contributed by atoms with Gasteiger partial charge < -0.3 is 10.7 Å². The number of nitrogens with two attached hydrogens (primary N) is 1. The first-order valence-corrected chi connectivity index (χ1v) is 5.73. The Morgan fingerprint density at radius 3 is 2.53 bits per heavy atom. The monoisotopic (exact) mass is 254 g/mol. The number of hydrogen-bond donors (Lipinski definition) is 3. The second-order valence-electron chi connectivity index (χ2n) is 4.02. The van der Waals surface area contributed by atoms with Crippen molar-refractivity contribution in [1.29, 1.82) is 5.26 Å². The van der Waals surface area contributed by atoms with Crippen molar-refractivity contribution in [3.63, 3.8) is 0 Å². The highest BCUT2D eigenvalue weighted by molar-refractivity contribution is 5.68. The van der Waals surface area contributed by atoms with Gasteiger partial charge in [-0.2, -0.15) is 5.26 Å². The number of benzene rings is 1. The zero-order chi connectivity index (χ0) is 13.8. The number of rotatable bonds is 3. The van der Waals surface area contributed by atoms with Gasteiger partial charge in [0, 0.05) is 5.56 Å². The number of hydrazine groups is 1. The Kier molecular flexibility index (Phi) is 3.59. The highest BCUT2D eigenvalue weighted by Crippen LogP contribution is 2.24. The standard InChI is InChI=1S/C13H14N6/c1-8-12(16-9(2)17-13(8)19-15)18-11-6-4-3-5-10(11)7-14/h3-6H,15H2,1-2H3,(H2,16,17,18,19). The van der Waals surface area contributed by atoms with E-state index in [1.807, 2.05) is 25.1 Å². The van der Waals surface area contributed by atoms with Crippen molar-refractivity contribution < 1.29 is 0 Å². The average Bonchev–Trinajstić information content (AvgIpc) is 2.43. The Bertz CT molecular complexity index is 644. The second-order valence-corrected chi connectivity index (χ2v) is 4.02. The van der Waals surface area contributed by atoms with Gasteiger partial charge >= 0.3 is 0 Å². The van der Waals surface area contributed by atoms with E-state index in [2.05, 4.69) is 26.8 Å². The van der Waals surface area contributed by atoms with Crippen LogP contribution in [0.4, 0.5) is 17.3 Å². The number of anilines is 3. The fraction of sp³-hybridized carbons (Fsp3) is 0.154. The zero-order valence-electron chi connectivity index (χ0n) is 10.7. The van der Waals surface area contributed by atoms with Crippen LogP contribution in [0.15, 0.2) is 24.3 Å². The number of nitrogen functional groups attached to an aromatic ring is 1. The van der Waals surface area contributed by atoms with Crippen LogP contribution in [0.25, 0.3) is 0 Å². The van der Waals surface area contributed by atoms with Crippen molar-refractivity contribution in [1.82, 2.24) is 9.97 Å². The summed E-state index contributed by atoms with van der Waals surface area (Å²) in [6.45, 7) is 3.63. The van der Waals surface area contributed by atoms with Gasteiger partial charge in [-0.05, 0) is 26.0 Å². The van der Waals surface area contributed by atoms with E-state index in [0.717, 1.165) is 5.56 Å². The van der Waals surface area contributed by atoms with Crippen molar-refractivity contribution >= 4 is 17.3 Å². The number of para-hydroxylation sites is 1. The molecule has 2 aromatic rings. The summed E-state index contributed by atoms with van der Waals surface area (Å²) < 4.78 is 0. The summed E-state index contributed by atoms with van der Waals surface area (Å²) in [6.07, 6.45) is 0. The van der Waals surface area contributed by atoms with Gasteiger partial charge in [0.05, 0.1) is 11.3 Å². The van der Waals surface area contributed by atoms with E-state index in [9.17, 15) is 0 Å². The van der Waals surface area contributed by atoms with Crippen molar-refractivity contribution in [3.8, 4) is 6.07 Å². The van der Waals surface area contributed by atoms with Gasteiger partial charge in [-0.15, -0.1) is 0 Å². The molecule has 1 heterocycles. The van der Waals surface area contributed by atoms with Gasteiger partial charge in [-0.3, -0.25) is 0 Å². The Hall–Kier alpha value is -2.65. The molecule has 6 nitrogen and oxygen atoms in total. The Morgan fingerprint density at radius 2 is 1.84 bits per heavy atom. The number of hydrogen-bond acceptors (Lipinski definition) is 6. The molecule has 0 radical (unpaired) electrons. The maximum Gasteiger partial charge on any atom is 0.148 e. The number of aromatic nitrogens is 2. The summed E-state index contributed by atoms with van der Waals surface area (Å²) in [7, 11) is 0. The van der Waals surface area contributed by atoms with Crippen LogP contribution in [0, 0.1) is 25.2 Å². The normalized spacial score (nSPS) is 9.79. The molecule has 6 heteroatoms. The maximum absolute atomic E-state index is 9.07. The van der Waals surface area contributed by atoms with E-state index < -0.39 is 0 Å². The molecule has 1 aromatic carbocycles. The summed E-state index contributed by atoms with van der Waals surface area (Å²) in [5.41, 5.74) is 4.59. The smallest absolute Gasteiger partial charge is 0.148 e.